The maximum atomic E-state index is 12.8. The third kappa shape index (κ3) is 5.97. The molecule has 0 heterocycles. The zero-order valence-electron chi connectivity index (χ0n) is 17.7. The quantitative estimate of drug-likeness (QED) is 0.715. The normalized spacial score (nSPS) is 14.2. The largest absolute Gasteiger partial charge is 0.348 e. The van der Waals surface area contributed by atoms with Crippen LogP contribution in [-0.4, -0.2) is 26.6 Å². The average molecular weight is 437 g/mol. The zero-order valence-corrected chi connectivity index (χ0v) is 19.3. The lowest BCUT2D eigenvalue weighted by atomic mass is 9.86. The third-order valence-electron chi connectivity index (χ3n) is 4.81. The number of carbonyl (C=O) groups is 1. The van der Waals surface area contributed by atoms with Gasteiger partial charge in [-0.15, -0.1) is 0 Å². The maximum Gasteiger partial charge on any atom is 0.244 e. The minimum atomic E-state index is -3.67. The summed E-state index contributed by atoms with van der Waals surface area (Å²) in [5.41, 5.74) is 2.60. The molecule has 0 aromatic heterocycles. The first kappa shape index (κ1) is 23.2. The summed E-state index contributed by atoms with van der Waals surface area (Å²) < 4.78 is 25.8. The molecule has 0 spiro atoms. The van der Waals surface area contributed by atoms with Gasteiger partial charge in [-0.2, -0.15) is 0 Å². The molecule has 0 aliphatic heterocycles. The van der Waals surface area contributed by atoms with Crippen LogP contribution in [0.3, 0.4) is 0 Å². The van der Waals surface area contributed by atoms with Crippen molar-refractivity contribution in [3.63, 3.8) is 0 Å². The highest BCUT2D eigenvalue weighted by Gasteiger charge is 2.30. The van der Waals surface area contributed by atoms with Crippen molar-refractivity contribution >= 4 is 33.2 Å². The molecule has 0 fully saturated rings. The van der Waals surface area contributed by atoms with Crippen molar-refractivity contribution in [1.82, 2.24) is 5.32 Å². The van der Waals surface area contributed by atoms with E-state index in [-0.39, 0.29) is 17.4 Å². The smallest absolute Gasteiger partial charge is 0.244 e. The van der Waals surface area contributed by atoms with Crippen LogP contribution in [0.5, 0.6) is 0 Å². The molecule has 158 valence electrons. The summed E-state index contributed by atoms with van der Waals surface area (Å²) in [6.45, 7) is 9.88. The van der Waals surface area contributed by atoms with Gasteiger partial charge in [-0.1, -0.05) is 56.6 Å². The van der Waals surface area contributed by atoms with Crippen LogP contribution in [0.4, 0.5) is 5.69 Å². The van der Waals surface area contributed by atoms with Gasteiger partial charge in [-0.25, -0.2) is 8.42 Å². The molecular formula is C22H29ClN2O3S. The third-order valence-corrected chi connectivity index (χ3v) is 6.30. The highest BCUT2D eigenvalue weighted by atomic mass is 35.5. The van der Waals surface area contributed by atoms with Gasteiger partial charge in [0.05, 0.1) is 18.0 Å². The minimum Gasteiger partial charge on any atom is -0.348 e. The highest BCUT2D eigenvalue weighted by molar-refractivity contribution is 7.92. The lowest BCUT2D eigenvalue weighted by Crippen LogP contribution is -2.48. The standard InChI is InChI=1S/C22H29ClN2O3S/c1-15(17-7-9-18(10-8-17)22(3,4)5)24-21(26)16(2)25(29(6,27)28)20-13-11-19(23)12-14-20/h7-16H,1-6H3,(H,24,26)/t15-,16+/m1/s1. The molecule has 0 bridgehead atoms. The second-order valence-corrected chi connectivity index (χ2v) is 10.6. The predicted octanol–water partition coefficient (Wildman–Crippen LogP) is 4.67. The van der Waals surface area contributed by atoms with E-state index in [4.69, 9.17) is 11.6 Å². The highest BCUT2D eigenvalue weighted by Crippen LogP contribution is 2.25. The molecule has 0 radical (unpaired) electrons. The van der Waals surface area contributed by atoms with E-state index in [1.165, 1.54) is 5.56 Å². The Bertz CT molecular complexity index is 949. The molecule has 2 aromatic rings. The van der Waals surface area contributed by atoms with Gasteiger partial charge in [-0.05, 0) is 54.7 Å². The van der Waals surface area contributed by atoms with Gasteiger partial charge in [0, 0.05) is 5.02 Å². The number of hydrogen-bond acceptors (Lipinski definition) is 3. The summed E-state index contributed by atoms with van der Waals surface area (Å²) >= 11 is 5.90. The summed E-state index contributed by atoms with van der Waals surface area (Å²) in [5, 5.41) is 3.41. The van der Waals surface area contributed by atoms with Crippen LogP contribution in [-0.2, 0) is 20.2 Å². The van der Waals surface area contributed by atoms with E-state index in [2.05, 4.69) is 38.2 Å². The number of sulfonamides is 1. The number of carbonyl (C=O) groups excluding carboxylic acids is 1. The van der Waals surface area contributed by atoms with E-state index >= 15 is 0 Å². The summed E-state index contributed by atoms with van der Waals surface area (Å²) in [6, 6.07) is 13.3. The lowest BCUT2D eigenvalue weighted by Gasteiger charge is -2.29. The van der Waals surface area contributed by atoms with Gasteiger partial charge in [0.2, 0.25) is 15.9 Å². The molecule has 0 aliphatic rings. The number of hydrogen-bond donors (Lipinski definition) is 1. The van der Waals surface area contributed by atoms with E-state index < -0.39 is 16.1 Å². The number of benzene rings is 2. The molecule has 2 aromatic carbocycles. The van der Waals surface area contributed by atoms with E-state index in [9.17, 15) is 13.2 Å². The molecule has 1 N–H and O–H groups in total. The van der Waals surface area contributed by atoms with Crippen molar-refractivity contribution in [1.29, 1.82) is 0 Å². The van der Waals surface area contributed by atoms with E-state index in [0.717, 1.165) is 16.1 Å². The van der Waals surface area contributed by atoms with Crippen molar-refractivity contribution in [2.24, 2.45) is 0 Å². The van der Waals surface area contributed by atoms with Crippen LogP contribution in [0.25, 0.3) is 0 Å². The summed E-state index contributed by atoms with van der Waals surface area (Å²) in [5.74, 6) is -0.377. The number of nitrogens with one attached hydrogen (secondary N) is 1. The van der Waals surface area contributed by atoms with E-state index in [0.29, 0.717) is 10.7 Å². The number of anilines is 1. The monoisotopic (exact) mass is 436 g/mol. The van der Waals surface area contributed by atoms with Gasteiger partial charge in [0.15, 0.2) is 0 Å². The fourth-order valence-electron chi connectivity index (χ4n) is 3.09. The Balaban J connectivity index is 2.19. The first-order valence-electron chi connectivity index (χ1n) is 9.46. The molecule has 0 saturated carbocycles. The molecular weight excluding hydrogens is 408 g/mol. The number of nitrogens with zero attached hydrogens (tertiary/aromatic N) is 1. The minimum absolute atomic E-state index is 0.0497. The number of rotatable bonds is 6. The van der Waals surface area contributed by atoms with Crippen LogP contribution in [0.15, 0.2) is 48.5 Å². The molecule has 29 heavy (non-hydrogen) atoms. The molecule has 0 saturated heterocycles. The molecule has 5 nitrogen and oxygen atoms in total. The Hall–Kier alpha value is -2.05. The molecule has 1 amide bonds. The first-order valence-corrected chi connectivity index (χ1v) is 11.7. The SMILES string of the molecule is C[C@@H](NC(=O)[C@H](C)N(c1ccc(Cl)cc1)S(C)(=O)=O)c1ccc(C(C)(C)C)cc1. The summed E-state index contributed by atoms with van der Waals surface area (Å²) in [6.07, 6.45) is 1.08. The van der Waals surface area contributed by atoms with Crippen LogP contribution in [0.1, 0.15) is 51.8 Å². The van der Waals surface area contributed by atoms with Crippen molar-refractivity contribution in [2.45, 2.75) is 52.1 Å². The van der Waals surface area contributed by atoms with Crippen LogP contribution in [0.2, 0.25) is 5.02 Å². The Morgan fingerprint density at radius 3 is 1.97 bits per heavy atom. The van der Waals surface area contributed by atoms with Crippen molar-refractivity contribution in [3.05, 3.63) is 64.7 Å². The number of halogens is 1. The topological polar surface area (TPSA) is 66.5 Å². The maximum absolute atomic E-state index is 12.8. The summed E-state index contributed by atoms with van der Waals surface area (Å²) in [7, 11) is -3.67. The molecule has 2 rings (SSSR count). The Morgan fingerprint density at radius 2 is 1.52 bits per heavy atom. The van der Waals surface area contributed by atoms with Crippen molar-refractivity contribution in [2.75, 3.05) is 10.6 Å². The Labute approximate surface area is 179 Å². The molecule has 0 unspecified atom stereocenters. The van der Waals surface area contributed by atoms with Crippen LogP contribution in [0, 0.1) is 0 Å². The van der Waals surface area contributed by atoms with Gasteiger partial charge >= 0.3 is 0 Å². The number of amides is 1. The van der Waals surface area contributed by atoms with Crippen molar-refractivity contribution in [3.8, 4) is 0 Å². The fourth-order valence-corrected chi connectivity index (χ4v) is 4.39. The molecule has 7 heteroatoms. The van der Waals surface area contributed by atoms with Gasteiger partial charge in [0.1, 0.15) is 6.04 Å². The fraction of sp³-hybridized carbons (Fsp3) is 0.409. The van der Waals surface area contributed by atoms with Gasteiger partial charge in [0.25, 0.3) is 0 Å². The van der Waals surface area contributed by atoms with E-state index in [1.807, 2.05) is 19.1 Å². The van der Waals surface area contributed by atoms with E-state index in [1.54, 1.807) is 31.2 Å². The van der Waals surface area contributed by atoms with Gasteiger partial charge in [-0.3, -0.25) is 9.10 Å². The van der Waals surface area contributed by atoms with Crippen LogP contribution >= 0.6 is 11.6 Å². The van der Waals surface area contributed by atoms with Crippen molar-refractivity contribution < 1.29 is 13.2 Å². The summed E-state index contributed by atoms with van der Waals surface area (Å²) in [4.78, 5) is 12.8. The average Bonchev–Trinajstić information content (AvgIpc) is 2.61. The predicted molar refractivity (Wildman–Crippen MR) is 120 cm³/mol. The van der Waals surface area contributed by atoms with Gasteiger partial charge < -0.3 is 5.32 Å². The zero-order chi connectivity index (χ0) is 22.0. The van der Waals surface area contributed by atoms with Crippen LogP contribution < -0.4 is 9.62 Å². The first-order chi connectivity index (χ1) is 13.3. The molecule has 2 atom stereocenters. The second kappa shape index (κ2) is 8.76. The molecule has 0 aliphatic carbocycles. The Morgan fingerprint density at radius 1 is 1.00 bits per heavy atom. The lowest BCUT2D eigenvalue weighted by molar-refractivity contribution is -0.122. The Kier molecular flexibility index (Phi) is 7.01. The second-order valence-electron chi connectivity index (χ2n) is 8.31.